The summed E-state index contributed by atoms with van der Waals surface area (Å²) in [5.74, 6) is 0.220. The van der Waals surface area contributed by atoms with Crippen LogP contribution in [0, 0.1) is 6.92 Å². The Labute approximate surface area is 109 Å². The van der Waals surface area contributed by atoms with Gasteiger partial charge in [-0.3, -0.25) is 4.68 Å². The lowest BCUT2D eigenvalue weighted by Crippen LogP contribution is -2.02. The van der Waals surface area contributed by atoms with Crippen molar-refractivity contribution in [2.45, 2.75) is 26.8 Å². The van der Waals surface area contributed by atoms with Gasteiger partial charge in [0.15, 0.2) is 5.65 Å². The van der Waals surface area contributed by atoms with Gasteiger partial charge in [-0.2, -0.15) is 10.1 Å². The first kappa shape index (κ1) is 11.6. The van der Waals surface area contributed by atoms with E-state index in [0.717, 1.165) is 35.4 Å². The van der Waals surface area contributed by atoms with Crippen LogP contribution in [0.4, 0.5) is 5.95 Å². The molecule has 0 aromatic carbocycles. The second-order valence-corrected chi connectivity index (χ2v) is 4.40. The minimum Gasteiger partial charge on any atom is -0.368 e. The predicted octanol–water partition coefficient (Wildman–Crippen LogP) is 1.52. The predicted molar refractivity (Wildman–Crippen MR) is 72.3 cm³/mol. The van der Waals surface area contributed by atoms with Gasteiger partial charge < -0.3 is 10.7 Å². The fourth-order valence-electron chi connectivity index (χ4n) is 2.16. The average molecular weight is 257 g/mol. The Bertz CT molecular complexity index is 725. The van der Waals surface area contributed by atoms with Crippen molar-refractivity contribution in [3.63, 3.8) is 0 Å². The standard InChI is InChI=1S/C12H15N7/c1-3-4-19-7(2)8(5-16-19)9-10-11(15-6-14-10)18-12(13)17-9/h5-6H,3-4H2,1-2H3,(H3,13,14,15,17,18). The second kappa shape index (κ2) is 4.34. The Hall–Kier alpha value is -2.44. The quantitative estimate of drug-likeness (QED) is 0.741. The molecule has 0 atom stereocenters. The number of nitrogen functional groups attached to an aromatic ring is 1. The topological polar surface area (TPSA) is 98.3 Å². The maximum atomic E-state index is 5.73. The maximum absolute atomic E-state index is 5.73. The van der Waals surface area contributed by atoms with E-state index in [4.69, 9.17) is 5.73 Å². The number of anilines is 1. The largest absolute Gasteiger partial charge is 0.368 e. The molecule has 0 unspecified atom stereocenters. The summed E-state index contributed by atoms with van der Waals surface area (Å²) in [6.45, 7) is 5.04. The molecule has 3 aromatic rings. The first-order chi connectivity index (χ1) is 9.20. The molecule has 3 heterocycles. The molecule has 0 spiro atoms. The molecule has 3 rings (SSSR count). The highest BCUT2D eigenvalue weighted by molar-refractivity contribution is 5.88. The Balaban J connectivity index is 2.21. The van der Waals surface area contributed by atoms with Crippen LogP contribution in [0.3, 0.4) is 0 Å². The van der Waals surface area contributed by atoms with Crippen molar-refractivity contribution in [1.82, 2.24) is 29.7 Å². The van der Waals surface area contributed by atoms with Gasteiger partial charge >= 0.3 is 0 Å². The molecule has 3 aromatic heterocycles. The molecule has 0 aliphatic heterocycles. The number of hydrogen-bond donors (Lipinski definition) is 2. The molecule has 0 amide bonds. The van der Waals surface area contributed by atoms with E-state index in [1.54, 1.807) is 6.33 Å². The van der Waals surface area contributed by atoms with Gasteiger partial charge in [0.2, 0.25) is 5.95 Å². The Morgan fingerprint density at radius 1 is 1.37 bits per heavy atom. The fraction of sp³-hybridized carbons (Fsp3) is 0.333. The summed E-state index contributed by atoms with van der Waals surface area (Å²) < 4.78 is 1.97. The Morgan fingerprint density at radius 3 is 3.00 bits per heavy atom. The van der Waals surface area contributed by atoms with Crippen LogP contribution in [0.25, 0.3) is 22.4 Å². The number of aromatic nitrogens is 6. The number of imidazole rings is 1. The van der Waals surface area contributed by atoms with Gasteiger partial charge in [-0.15, -0.1) is 0 Å². The summed E-state index contributed by atoms with van der Waals surface area (Å²) in [5.41, 5.74) is 9.86. The Morgan fingerprint density at radius 2 is 2.21 bits per heavy atom. The molecular formula is C12H15N7. The number of hydrogen-bond acceptors (Lipinski definition) is 5. The number of aromatic amines is 1. The van der Waals surface area contributed by atoms with E-state index in [1.807, 2.05) is 17.8 Å². The van der Waals surface area contributed by atoms with Crippen LogP contribution < -0.4 is 5.73 Å². The number of nitrogens with two attached hydrogens (primary N) is 1. The molecule has 0 aliphatic carbocycles. The van der Waals surface area contributed by atoms with Gasteiger partial charge in [-0.05, 0) is 13.3 Å². The summed E-state index contributed by atoms with van der Waals surface area (Å²) >= 11 is 0. The van der Waals surface area contributed by atoms with Crippen LogP contribution in [0.15, 0.2) is 12.5 Å². The monoisotopic (exact) mass is 257 g/mol. The van der Waals surface area contributed by atoms with E-state index >= 15 is 0 Å². The lowest BCUT2D eigenvalue weighted by Gasteiger charge is -2.04. The minimum atomic E-state index is 0.220. The van der Waals surface area contributed by atoms with Gasteiger partial charge in [0.25, 0.3) is 0 Å². The molecule has 3 N–H and O–H groups in total. The van der Waals surface area contributed by atoms with Crippen LogP contribution in [0.5, 0.6) is 0 Å². The molecular weight excluding hydrogens is 242 g/mol. The normalized spacial score (nSPS) is 11.3. The second-order valence-electron chi connectivity index (χ2n) is 4.40. The van der Waals surface area contributed by atoms with E-state index in [-0.39, 0.29) is 5.95 Å². The number of fused-ring (bicyclic) bond motifs is 1. The zero-order valence-corrected chi connectivity index (χ0v) is 10.9. The number of H-pyrrole nitrogens is 1. The van der Waals surface area contributed by atoms with Gasteiger partial charge in [-0.1, -0.05) is 6.92 Å². The molecule has 0 saturated carbocycles. The van der Waals surface area contributed by atoms with Crippen molar-refractivity contribution < 1.29 is 0 Å². The third kappa shape index (κ3) is 1.83. The molecule has 98 valence electrons. The number of nitrogens with zero attached hydrogens (tertiary/aromatic N) is 5. The van der Waals surface area contributed by atoms with Crippen LogP contribution in [0.1, 0.15) is 19.0 Å². The highest BCUT2D eigenvalue weighted by atomic mass is 15.3. The zero-order valence-electron chi connectivity index (χ0n) is 10.9. The van der Waals surface area contributed by atoms with Gasteiger partial charge in [0.05, 0.1) is 12.5 Å². The van der Waals surface area contributed by atoms with Gasteiger partial charge in [-0.25, -0.2) is 9.97 Å². The van der Waals surface area contributed by atoms with Crippen molar-refractivity contribution in [3.05, 3.63) is 18.2 Å². The van der Waals surface area contributed by atoms with Crippen LogP contribution >= 0.6 is 0 Å². The third-order valence-electron chi connectivity index (χ3n) is 3.10. The highest BCUT2D eigenvalue weighted by Gasteiger charge is 2.15. The molecule has 0 bridgehead atoms. The number of nitrogens with one attached hydrogen (secondary N) is 1. The molecule has 0 radical (unpaired) electrons. The molecule has 7 heteroatoms. The summed E-state index contributed by atoms with van der Waals surface area (Å²) in [6.07, 6.45) is 4.44. The molecule has 7 nitrogen and oxygen atoms in total. The lowest BCUT2D eigenvalue weighted by molar-refractivity contribution is 0.587. The first-order valence-electron chi connectivity index (χ1n) is 6.20. The third-order valence-corrected chi connectivity index (χ3v) is 3.10. The molecule has 0 saturated heterocycles. The summed E-state index contributed by atoms with van der Waals surface area (Å²) in [5, 5.41) is 4.38. The summed E-state index contributed by atoms with van der Waals surface area (Å²) in [4.78, 5) is 15.6. The van der Waals surface area contributed by atoms with E-state index in [2.05, 4.69) is 32.0 Å². The smallest absolute Gasteiger partial charge is 0.222 e. The highest BCUT2D eigenvalue weighted by Crippen LogP contribution is 2.27. The summed E-state index contributed by atoms with van der Waals surface area (Å²) in [6, 6.07) is 0. The average Bonchev–Trinajstić information content (AvgIpc) is 2.97. The zero-order chi connectivity index (χ0) is 13.4. The maximum Gasteiger partial charge on any atom is 0.222 e. The van der Waals surface area contributed by atoms with E-state index in [0.29, 0.717) is 5.65 Å². The van der Waals surface area contributed by atoms with Crippen LogP contribution in [0.2, 0.25) is 0 Å². The van der Waals surface area contributed by atoms with E-state index in [9.17, 15) is 0 Å². The Kier molecular flexibility index (Phi) is 2.66. The number of rotatable bonds is 3. The van der Waals surface area contributed by atoms with E-state index in [1.165, 1.54) is 0 Å². The van der Waals surface area contributed by atoms with Crippen LogP contribution in [-0.4, -0.2) is 29.7 Å². The minimum absolute atomic E-state index is 0.220. The summed E-state index contributed by atoms with van der Waals surface area (Å²) in [7, 11) is 0. The van der Waals surface area contributed by atoms with Crippen molar-refractivity contribution in [3.8, 4) is 11.3 Å². The van der Waals surface area contributed by atoms with Crippen molar-refractivity contribution in [2.75, 3.05) is 5.73 Å². The molecule has 19 heavy (non-hydrogen) atoms. The lowest BCUT2D eigenvalue weighted by atomic mass is 10.1. The van der Waals surface area contributed by atoms with Crippen LogP contribution in [-0.2, 0) is 6.54 Å². The van der Waals surface area contributed by atoms with Crippen molar-refractivity contribution >= 4 is 17.1 Å². The SMILES string of the molecule is CCCn1ncc(-c2nc(N)nc3nc[nH]c23)c1C. The van der Waals surface area contributed by atoms with Gasteiger partial charge in [0.1, 0.15) is 11.2 Å². The molecule has 0 aliphatic rings. The number of aryl methyl sites for hydroxylation is 1. The fourth-order valence-corrected chi connectivity index (χ4v) is 2.16. The van der Waals surface area contributed by atoms with Crippen molar-refractivity contribution in [2.24, 2.45) is 0 Å². The first-order valence-corrected chi connectivity index (χ1v) is 6.20. The van der Waals surface area contributed by atoms with Gasteiger partial charge in [0, 0.05) is 17.8 Å². The van der Waals surface area contributed by atoms with Crippen molar-refractivity contribution in [1.29, 1.82) is 0 Å². The molecule has 0 fully saturated rings. The van der Waals surface area contributed by atoms with E-state index < -0.39 is 0 Å².